The Morgan fingerprint density at radius 1 is 1.40 bits per heavy atom. The molecule has 20 heavy (non-hydrogen) atoms. The van der Waals surface area contributed by atoms with Gasteiger partial charge in [-0.3, -0.25) is 0 Å². The SMILES string of the molecule is CCC1CN(C)CCCN1c1ncc(CNC2CC2)s1. The molecular formula is C15H26N4S. The Balaban J connectivity index is 1.65. The minimum Gasteiger partial charge on any atom is -0.344 e. The van der Waals surface area contributed by atoms with E-state index in [9.17, 15) is 0 Å². The van der Waals surface area contributed by atoms with Gasteiger partial charge in [0.05, 0.1) is 0 Å². The molecule has 2 heterocycles. The van der Waals surface area contributed by atoms with Gasteiger partial charge in [-0.2, -0.15) is 0 Å². The quantitative estimate of drug-likeness (QED) is 0.903. The zero-order valence-corrected chi connectivity index (χ0v) is 13.5. The predicted octanol–water partition coefficient (Wildman–Crippen LogP) is 2.32. The lowest BCUT2D eigenvalue weighted by molar-refractivity contribution is 0.328. The first-order valence-electron chi connectivity index (χ1n) is 7.89. The maximum absolute atomic E-state index is 4.69. The average molecular weight is 294 g/mol. The second kappa shape index (κ2) is 6.41. The molecule has 0 spiro atoms. The number of rotatable bonds is 5. The molecule has 1 saturated carbocycles. The van der Waals surface area contributed by atoms with Crippen molar-refractivity contribution in [1.82, 2.24) is 15.2 Å². The van der Waals surface area contributed by atoms with Crippen molar-refractivity contribution >= 4 is 16.5 Å². The molecule has 1 aromatic rings. The number of likely N-dealkylation sites (N-methyl/N-ethyl adjacent to an activating group) is 1. The van der Waals surface area contributed by atoms with Crippen molar-refractivity contribution in [1.29, 1.82) is 0 Å². The molecule has 3 rings (SSSR count). The molecular weight excluding hydrogens is 268 g/mol. The number of hydrogen-bond donors (Lipinski definition) is 1. The number of hydrogen-bond acceptors (Lipinski definition) is 5. The second-order valence-corrected chi connectivity index (χ2v) is 7.23. The molecule has 1 saturated heterocycles. The van der Waals surface area contributed by atoms with Crippen LogP contribution in [-0.2, 0) is 6.54 Å². The summed E-state index contributed by atoms with van der Waals surface area (Å²) in [6.07, 6.45) is 7.20. The van der Waals surface area contributed by atoms with Crippen molar-refractivity contribution < 1.29 is 0 Å². The van der Waals surface area contributed by atoms with Crippen LogP contribution in [0, 0.1) is 0 Å². The van der Waals surface area contributed by atoms with Crippen molar-refractivity contribution in [2.75, 3.05) is 31.6 Å². The monoisotopic (exact) mass is 294 g/mol. The number of aromatic nitrogens is 1. The Morgan fingerprint density at radius 3 is 3.00 bits per heavy atom. The Kier molecular flexibility index (Phi) is 4.58. The summed E-state index contributed by atoms with van der Waals surface area (Å²) in [6, 6.07) is 1.38. The van der Waals surface area contributed by atoms with Gasteiger partial charge >= 0.3 is 0 Å². The standard InChI is InChI=1S/C15H26N4S/c1-3-13-11-18(2)7-4-8-19(13)15-17-10-14(20-15)9-16-12-5-6-12/h10,12-13,16H,3-9,11H2,1-2H3. The summed E-state index contributed by atoms with van der Waals surface area (Å²) in [4.78, 5) is 11.1. The normalized spacial score (nSPS) is 24.9. The van der Waals surface area contributed by atoms with E-state index in [0.29, 0.717) is 6.04 Å². The van der Waals surface area contributed by atoms with Crippen LogP contribution in [0.4, 0.5) is 5.13 Å². The summed E-state index contributed by atoms with van der Waals surface area (Å²) in [5.41, 5.74) is 0. The van der Waals surface area contributed by atoms with Crippen LogP contribution in [0.2, 0.25) is 0 Å². The van der Waals surface area contributed by atoms with Gasteiger partial charge in [0.2, 0.25) is 0 Å². The highest BCUT2D eigenvalue weighted by atomic mass is 32.1. The van der Waals surface area contributed by atoms with Crippen molar-refractivity contribution in [2.45, 2.75) is 51.2 Å². The first kappa shape index (κ1) is 14.3. The smallest absolute Gasteiger partial charge is 0.185 e. The van der Waals surface area contributed by atoms with Gasteiger partial charge in [0.1, 0.15) is 0 Å². The van der Waals surface area contributed by atoms with Crippen LogP contribution < -0.4 is 10.2 Å². The molecule has 0 aromatic carbocycles. The van der Waals surface area contributed by atoms with Crippen molar-refractivity contribution in [2.24, 2.45) is 0 Å². The van der Waals surface area contributed by atoms with Crippen LogP contribution >= 0.6 is 11.3 Å². The summed E-state index contributed by atoms with van der Waals surface area (Å²) in [5.74, 6) is 0. The number of thiazole rings is 1. The van der Waals surface area contributed by atoms with Gasteiger partial charge in [0, 0.05) is 42.8 Å². The fraction of sp³-hybridized carbons (Fsp3) is 0.800. The Hall–Kier alpha value is -0.650. The van der Waals surface area contributed by atoms with Gasteiger partial charge in [-0.1, -0.05) is 6.92 Å². The minimum atomic E-state index is 0.609. The molecule has 1 aromatic heterocycles. The van der Waals surface area contributed by atoms with E-state index in [2.05, 4.69) is 40.3 Å². The lowest BCUT2D eigenvalue weighted by atomic mass is 10.2. The minimum absolute atomic E-state index is 0.609. The van der Waals surface area contributed by atoms with Gasteiger partial charge < -0.3 is 15.1 Å². The summed E-state index contributed by atoms with van der Waals surface area (Å²) < 4.78 is 0. The van der Waals surface area contributed by atoms with E-state index in [0.717, 1.165) is 25.7 Å². The molecule has 2 aliphatic rings. The van der Waals surface area contributed by atoms with Crippen LogP contribution in [0.15, 0.2) is 6.20 Å². The maximum atomic E-state index is 4.69. The third-order valence-electron chi connectivity index (χ3n) is 4.30. The molecule has 5 heteroatoms. The summed E-state index contributed by atoms with van der Waals surface area (Å²) in [7, 11) is 2.24. The topological polar surface area (TPSA) is 31.4 Å². The van der Waals surface area contributed by atoms with Crippen LogP contribution in [0.3, 0.4) is 0 Å². The molecule has 1 unspecified atom stereocenters. The predicted molar refractivity (Wildman–Crippen MR) is 85.5 cm³/mol. The first-order chi connectivity index (χ1) is 9.76. The van der Waals surface area contributed by atoms with Gasteiger partial charge in [0.25, 0.3) is 0 Å². The largest absolute Gasteiger partial charge is 0.344 e. The van der Waals surface area contributed by atoms with E-state index in [4.69, 9.17) is 0 Å². The molecule has 4 nitrogen and oxygen atoms in total. The highest BCUT2D eigenvalue weighted by molar-refractivity contribution is 7.15. The molecule has 0 amide bonds. The van der Waals surface area contributed by atoms with E-state index in [1.165, 1.54) is 42.2 Å². The van der Waals surface area contributed by atoms with Crippen molar-refractivity contribution in [3.05, 3.63) is 11.1 Å². The molecule has 112 valence electrons. The first-order valence-corrected chi connectivity index (χ1v) is 8.71. The average Bonchev–Trinajstić information content (AvgIpc) is 3.20. The summed E-state index contributed by atoms with van der Waals surface area (Å²) in [6.45, 7) is 6.79. The highest BCUT2D eigenvalue weighted by Gasteiger charge is 2.25. The van der Waals surface area contributed by atoms with E-state index >= 15 is 0 Å². The zero-order valence-electron chi connectivity index (χ0n) is 12.6. The summed E-state index contributed by atoms with van der Waals surface area (Å²) in [5, 5.41) is 4.80. The molecule has 0 radical (unpaired) electrons. The fourth-order valence-corrected chi connectivity index (χ4v) is 3.85. The maximum Gasteiger partial charge on any atom is 0.185 e. The fourth-order valence-electron chi connectivity index (χ4n) is 2.89. The van der Waals surface area contributed by atoms with Gasteiger partial charge in [-0.15, -0.1) is 11.3 Å². The van der Waals surface area contributed by atoms with Crippen LogP contribution in [0.5, 0.6) is 0 Å². The van der Waals surface area contributed by atoms with E-state index in [-0.39, 0.29) is 0 Å². The Bertz CT molecular complexity index is 429. The number of nitrogens with one attached hydrogen (secondary N) is 1. The Labute approximate surface area is 126 Å². The Morgan fingerprint density at radius 2 is 2.25 bits per heavy atom. The summed E-state index contributed by atoms with van der Waals surface area (Å²) >= 11 is 1.87. The molecule has 1 N–H and O–H groups in total. The van der Waals surface area contributed by atoms with Gasteiger partial charge in [-0.25, -0.2) is 4.98 Å². The lowest BCUT2D eigenvalue weighted by Crippen LogP contribution is -2.39. The van der Waals surface area contributed by atoms with Crippen LogP contribution in [-0.4, -0.2) is 48.6 Å². The van der Waals surface area contributed by atoms with Gasteiger partial charge in [0.15, 0.2) is 5.13 Å². The van der Waals surface area contributed by atoms with Gasteiger partial charge in [-0.05, 0) is 39.3 Å². The van der Waals surface area contributed by atoms with Crippen molar-refractivity contribution in [3.8, 4) is 0 Å². The molecule has 2 fully saturated rings. The molecule has 1 aliphatic heterocycles. The van der Waals surface area contributed by atoms with Crippen LogP contribution in [0.1, 0.15) is 37.5 Å². The zero-order chi connectivity index (χ0) is 13.9. The third kappa shape index (κ3) is 3.51. The van der Waals surface area contributed by atoms with Crippen molar-refractivity contribution in [3.63, 3.8) is 0 Å². The van der Waals surface area contributed by atoms with E-state index in [1.807, 2.05) is 11.3 Å². The van der Waals surface area contributed by atoms with E-state index in [1.54, 1.807) is 0 Å². The molecule has 1 atom stereocenters. The molecule has 1 aliphatic carbocycles. The number of nitrogens with zero attached hydrogens (tertiary/aromatic N) is 3. The molecule has 0 bridgehead atoms. The third-order valence-corrected chi connectivity index (χ3v) is 5.34. The second-order valence-electron chi connectivity index (χ2n) is 6.14. The number of anilines is 1. The highest BCUT2D eigenvalue weighted by Crippen LogP contribution is 2.28. The van der Waals surface area contributed by atoms with E-state index < -0.39 is 0 Å². The van der Waals surface area contributed by atoms with Crippen LogP contribution in [0.25, 0.3) is 0 Å². The lowest BCUT2D eigenvalue weighted by Gasteiger charge is -2.29.